The van der Waals surface area contributed by atoms with E-state index < -0.39 is 0 Å². The minimum atomic E-state index is -0.168. The zero-order chi connectivity index (χ0) is 9.26. The summed E-state index contributed by atoms with van der Waals surface area (Å²) >= 11 is 3.23. The molecule has 0 bridgehead atoms. The minimum Gasteiger partial charge on any atom is -0.362 e. The number of halogens is 2. The van der Waals surface area contributed by atoms with Crippen LogP contribution in [0.15, 0.2) is 34.8 Å². The summed E-state index contributed by atoms with van der Waals surface area (Å²) in [6.07, 6.45) is 4.09. The first-order valence-corrected chi connectivity index (χ1v) is 4.91. The molecular weight excluding hydrogens is 233 g/mol. The summed E-state index contributed by atoms with van der Waals surface area (Å²) in [4.78, 5) is 1.99. The lowest BCUT2D eigenvalue weighted by atomic mass is 10.3. The molecule has 0 aliphatic carbocycles. The largest absolute Gasteiger partial charge is 0.362 e. The van der Waals surface area contributed by atoms with E-state index in [2.05, 4.69) is 15.9 Å². The molecule has 2 rings (SSSR count). The molecule has 0 saturated carbocycles. The third-order valence-corrected chi connectivity index (χ3v) is 2.56. The summed E-state index contributed by atoms with van der Waals surface area (Å²) in [5.41, 5.74) is 0.674. The van der Waals surface area contributed by atoms with Crippen molar-refractivity contribution in [2.24, 2.45) is 0 Å². The second kappa shape index (κ2) is 3.50. The molecule has 0 atom stereocenters. The van der Waals surface area contributed by atoms with Gasteiger partial charge >= 0.3 is 0 Å². The molecule has 1 aromatic rings. The second-order valence-corrected chi connectivity index (χ2v) is 3.89. The van der Waals surface area contributed by atoms with E-state index in [4.69, 9.17) is 0 Å². The summed E-state index contributed by atoms with van der Waals surface area (Å²) < 4.78 is 14.2. The smallest absolute Gasteiger partial charge is 0.147 e. The second-order valence-electron chi connectivity index (χ2n) is 2.97. The van der Waals surface area contributed by atoms with E-state index in [1.54, 1.807) is 6.07 Å². The van der Waals surface area contributed by atoms with E-state index in [-0.39, 0.29) is 5.82 Å². The number of anilines is 1. The van der Waals surface area contributed by atoms with Crippen LogP contribution in [0, 0.1) is 5.82 Å². The first-order valence-electron chi connectivity index (χ1n) is 4.12. The molecule has 13 heavy (non-hydrogen) atoms. The predicted molar refractivity (Wildman–Crippen MR) is 55.5 cm³/mol. The average molecular weight is 242 g/mol. The van der Waals surface area contributed by atoms with E-state index >= 15 is 0 Å². The normalized spacial score (nSPS) is 15.4. The van der Waals surface area contributed by atoms with Gasteiger partial charge in [-0.2, -0.15) is 0 Å². The first kappa shape index (κ1) is 8.75. The topological polar surface area (TPSA) is 3.24 Å². The lowest BCUT2D eigenvalue weighted by Gasteiger charge is -2.18. The molecule has 0 radical (unpaired) electrons. The highest BCUT2D eigenvalue weighted by atomic mass is 79.9. The van der Waals surface area contributed by atoms with Crippen molar-refractivity contribution in [3.63, 3.8) is 0 Å². The van der Waals surface area contributed by atoms with Gasteiger partial charge in [0, 0.05) is 17.6 Å². The highest BCUT2D eigenvalue weighted by molar-refractivity contribution is 9.10. The molecule has 1 aliphatic rings. The maximum absolute atomic E-state index is 13.4. The van der Waals surface area contributed by atoms with Crippen molar-refractivity contribution in [3.05, 3.63) is 40.6 Å². The fourth-order valence-electron chi connectivity index (χ4n) is 1.41. The van der Waals surface area contributed by atoms with Crippen molar-refractivity contribution in [1.82, 2.24) is 0 Å². The molecule has 0 amide bonds. The van der Waals surface area contributed by atoms with E-state index in [9.17, 15) is 4.39 Å². The van der Waals surface area contributed by atoms with Gasteiger partial charge in [0.2, 0.25) is 0 Å². The fraction of sp³-hybridized carbons (Fsp3) is 0.200. The maximum atomic E-state index is 13.4. The molecule has 0 spiro atoms. The Morgan fingerprint density at radius 3 is 2.54 bits per heavy atom. The van der Waals surface area contributed by atoms with Crippen LogP contribution in [0.4, 0.5) is 10.1 Å². The molecule has 0 aromatic heterocycles. The van der Waals surface area contributed by atoms with Gasteiger partial charge in [0.25, 0.3) is 0 Å². The van der Waals surface area contributed by atoms with Gasteiger partial charge in [0.1, 0.15) is 5.82 Å². The highest BCUT2D eigenvalue weighted by Crippen LogP contribution is 2.24. The molecule has 1 aromatic carbocycles. The van der Waals surface area contributed by atoms with E-state index in [1.807, 2.05) is 23.1 Å². The van der Waals surface area contributed by atoms with Crippen molar-refractivity contribution in [1.29, 1.82) is 0 Å². The Balaban J connectivity index is 2.30. The van der Waals surface area contributed by atoms with E-state index in [0.29, 0.717) is 5.69 Å². The third-order valence-electron chi connectivity index (χ3n) is 2.07. The Morgan fingerprint density at radius 1 is 1.23 bits per heavy atom. The van der Waals surface area contributed by atoms with Gasteiger partial charge in [-0.05, 0) is 18.2 Å². The summed E-state index contributed by atoms with van der Waals surface area (Å²) in [5.74, 6) is -0.168. The van der Waals surface area contributed by atoms with Crippen molar-refractivity contribution >= 4 is 21.6 Å². The maximum Gasteiger partial charge on any atom is 0.147 e. The van der Waals surface area contributed by atoms with Gasteiger partial charge in [-0.15, -0.1) is 0 Å². The number of hydrogen-bond acceptors (Lipinski definition) is 1. The van der Waals surface area contributed by atoms with Crippen LogP contribution < -0.4 is 4.90 Å². The highest BCUT2D eigenvalue weighted by Gasteiger charge is 2.11. The van der Waals surface area contributed by atoms with Gasteiger partial charge in [0.05, 0.1) is 5.69 Å². The number of benzene rings is 1. The predicted octanol–water partition coefficient (Wildman–Crippen LogP) is 2.96. The van der Waals surface area contributed by atoms with Crippen LogP contribution in [0.3, 0.4) is 0 Å². The van der Waals surface area contributed by atoms with Crippen LogP contribution in [-0.4, -0.2) is 13.1 Å². The monoisotopic (exact) mass is 241 g/mol. The van der Waals surface area contributed by atoms with E-state index in [0.717, 1.165) is 17.6 Å². The molecule has 68 valence electrons. The minimum absolute atomic E-state index is 0.168. The summed E-state index contributed by atoms with van der Waals surface area (Å²) in [6, 6.07) is 5.15. The summed E-state index contributed by atoms with van der Waals surface area (Å²) in [6.45, 7) is 1.61. The molecular formula is C10H9BrFN. The lowest BCUT2D eigenvalue weighted by Crippen LogP contribution is -2.19. The van der Waals surface area contributed by atoms with Crippen molar-refractivity contribution in [2.75, 3.05) is 18.0 Å². The molecule has 0 saturated heterocycles. The number of nitrogens with zero attached hydrogens (tertiary/aromatic N) is 1. The van der Waals surface area contributed by atoms with Crippen molar-refractivity contribution in [2.45, 2.75) is 0 Å². The third kappa shape index (κ3) is 1.75. The average Bonchev–Trinajstić information content (AvgIpc) is 2.56. The molecule has 1 aliphatic heterocycles. The Kier molecular flexibility index (Phi) is 2.36. The zero-order valence-corrected chi connectivity index (χ0v) is 8.59. The van der Waals surface area contributed by atoms with Crippen LogP contribution in [0.2, 0.25) is 0 Å². The molecule has 1 heterocycles. The van der Waals surface area contributed by atoms with Gasteiger partial charge in [-0.3, -0.25) is 0 Å². The Labute approximate surface area is 85.0 Å². The number of rotatable bonds is 1. The van der Waals surface area contributed by atoms with Gasteiger partial charge in [-0.1, -0.05) is 28.1 Å². The quantitative estimate of drug-likeness (QED) is 0.684. The zero-order valence-electron chi connectivity index (χ0n) is 7.00. The van der Waals surface area contributed by atoms with E-state index in [1.165, 1.54) is 6.07 Å². The molecule has 0 N–H and O–H groups in total. The van der Waals surface area contributed by atoms with Crippen LogP contribution in [0.1, 0.15) is 0 Å². The van der Waals surface area contributed by atoms with Gasteiger partial charge in [0.15, 0.2) is 0 Å². The Morgan fingerprint density at radius 2 is 1.92 bits per heavy atom. The molecule has 0 fully saturated rings. The van der Waals surface area contributed by atoms with Crippen molar-refractivity contribution < 1.29 is 4.39 Å². The summed E-state index contributed by atoms with van der Waals surface area (Å²) in [7, 11) is 0. The Bertz CT molecular complexity index is 341. The molecule has 0 unspecified atom stereocenters. The number of hydrogen-bond donors (Lipinski definition) is 0. The molecule has 1 nitrogen and oxygen atoms in total. The van der Waals surface area contributed by atoms with Crippen molar-refractivity contribution in [3.8, 4) is 0 Å². The standard InChI is InChI=1S/C10H9BrFN/c11-8-3-4-10(9(12)7-8)13-5-1-2-6-13/h1-4,7H,5-6H2. The van der Waals surface area contributed by atoms with Gasteiger partial charge < -0.3 is 4.90 Å². The van der Waals surface area contributed by atoms with Crippen LogP contribution >= 0.6 is 15.9 Å². The van der Waals surface area contributed by atoms with Crippen LogP contribution in [0.25, 0.3) is 0 Å². The molecule has 3 heteroatoms. The van der Waals surface area contributed by atoms with Crippen LogP contribution in [-0.2, 0) is 0 Å². The first-order chi connectivity index (χ1) is 6.27. The van der Waals surface area contributed by atoms with Gasteiger partial charge in [-0.25, -0.2) is 4.39 Å². The summed E-state index contributed by atoms with van der Waals surface area (Å²) in [5, 5.41) is 0. The SMILES string of the molecule is Fc1cc(Br)ccc1N1CC=CC1. The fourth-order valence-corrected chi connectivity index (χ4v) is 1.75. The lowest BCUT2D eigenvalue weighted by molar-refractivity contribution is 0.623. The Hall–Kier alpha value is -0.830. The van der Waals surface area contributed by atoms with Crippen LogP contribution in [0.5, 0.6) is 0 Å².